The van der Waals surface area contributed by atoms with Gasteiger partial charge in [-0.3, -0.25) is 0 Å². The SMILES string of the molecule is C1=CC2CC=C(C3C4CCC(C5=Cc6c(sc7c6CCC=C7)[C@@H]6C=CC=CC56)=CC4=C(c4ccc5ccccc5c4)C4C=CCCC43)CC2C=C1. The highest BCUT2D eigenvalue weighted by Crippen LogP contribution is 2.59. The number of hydrogen-bond donors (Lipinski definition) is 0. The quantitative estimate of drug-likeness (QED) is 0.242. The zero-order valence-corrected chi connectivity index (χ0v) is 30.2. The van der Waals surface area contributed by atoms with Gasteiger partial charge in [-0.15, -0.1) is 11.3 Å². The number of benzene rings is 2. The molecule has 0 spiro atoms. The van der Waals surface area contributed by atoms with Crippen molar-refractivity contribution in [2.45, 2.75) is 57.3 Å². The molecule has 8 aliphatic rings. The van der Waals surface area contributed by atoms with E-state index in [2.05, 4.69) is 145 Å². The fraction of sp³-hybridized carbons (Fsp3) is 0.320. The molecule has 252 valence electrons. The van der Waals surface area contributed by atoms with Crippen molar-refractivity contribution in [2.75, 3.05) is 0 Å². The highest BCUT2D eigenvalue weighted by molar-refractivity contribution is 7.13. The Hall–Kier alpha value is -4.20. The van der Waals surface area contributed by atoms with Crippen molar-refractivity contribution in [3.63, 3.8) is 0 Å². The van der Waals surface area contributed by atoms with E-state index in [1.165, 1.54) is 66.2 Å². The molecule has 2 aromatic carbocycles. The molecule has 0 saturated heterocycles. The minimum atomic E-state index is 0.421. The van der Waals surface area contributed by atoms with E-state index >= 15 is 0 Å². The maximum Gasteiger partial charge on any atom is 0.0308 e. The topological polar surface area (TPSA) is 0 Å². The highest BCUT2D eigenvalue weighted by atomic mass is 32.1. The Morgan fingerprint density at radius 3 is 2.51 bits per heavy atom. The van der Waals surface area contributed by atoms with Crippen LogP contribution < -0.4 is 0 Å². The van der Waals surface area contributed by atoms with Gasteiger partial charge in [-0.1, -0.05) is 121 Å². The standard InChI is InChI=1S/C50H46S/c1-3-13-33-27-36(23-21-31(33)11-1)48-40-17-6-7-18-41(40)49(37-24-22-32-12-2-4-14-34(32)28-37)45-29-35(25-26-42(45)48)44-30-46-39-16-9-10-20-47(39)51-50(46)43-19-8-5-15-38(43)44/h1-5,7-8,10-15,18-20,22-24,28-31,33,38,40-43,48H,6,9,16-17,21,25-27H2/t31?,33?,38?,40?,41?,42?,43-,48?/m1/s1. The largest absolute Gasteiger partial charge is 0.139 e. The minimum Gasteiger partial charge on any atom is -0.139 e. The Bertz CT molecular complexity index is 2260. The van der Waals surface area contributed by atoms with Gasteiger partial charge in [0.2, 0.25) is 0 Å². The molecule has 1 heterocycles. The third kappa shape index (κ3) is 4.91. The van der Waals surface area contributed by atoms with Crippen LogP contribution in [-0.2, 0) is 6.42 Å². The average molecular weight is 679 g/mol. The van der Waals surface area contributed by atoms with E-state index in [4.69, 9.17) is 0 Å². The summed E-state index contributed by atoms with van der Waals surface area (Å²) in [4.78, 5) is 3.09. The molecule has 3 aromatic rings. The average Bonchev–Trinajstić information content (AvgIpc) is 3.58. The first-order valence-corrected chi connectivity index (χ1v) is 20.6. The van der Waals surface area contributed by atoms with Crippen LogP contribution in [0, 0.1) is 41.4 Å². The molecule has 7 unspecified atom stereocenters. The summed E-state index contributed by atoms with van der Waals surface area (Å²) < 4.78 is 0. The van der Waals surface area contributed by atoms with Crippen LogP contribution in [0.4, 0.5) is 0 Å². The van der Waals surface area contributed by atoms with E-state index in [9.17, 15) is 0 Å². The Morgan fingerprint density at radius 2 is 1.57 bits per heavy atom. The van der Waals surface area contributed by atoms with Crippen LogP contribution in [0.2, 0.25) is 0 Å². The van der Waals surface area contributed by atoms with Crippen molar-refractivity contribution in [3.8, 4) is 0 Å². The Morgan fingerprint density at radius 1 is 0.706 bits per heavy atom. The third-order valence-electron chi connectivity index (χ3n) is 13.9. The van der Waals surface area contributed by atoms with Crippen molar-refractivity contribution in [3.05, 3.63) is 170 Å². The van der Waals surface area contributed by atoms with Gasteiger partial charge < -0.3 is 0 Å². The molecule has 0 radical (unpaired) electrons. The lowest BCUT2D eigenvalue weighted by atomic mass is 9.54. The molecule has 0 N–H and O–H groups in total. The summed E-state index contributed by atoms with van der Waals surface area (Å²) in [5.74, 6) is 4.54. The zero-order valence-electron chi connectivity index (χ0n) is 29.4. The maximum atomic E-state index is 2.76. The molecule has 0 nitrogen and oxygen atoms in total. The van der Waals surface area contributed by atoms with Crippen LogP contribution in [0.25, 0.3) is 28.5 Å². The Labute approximate surface area is 307 Å². The molecule has 0 saturated carbocycles. The summed E-state index contributed by atoms with van der Waals surface area (Å²) in [7, 11) is 0. The number of thiophene rings is 1. The molecular weight excluding hydrogens is 633 g/mol. The van der Waals surface area contributed by atoms with Gasteiger partial charge in [0.15, 0.2) is 0 Å². The summed E-state index contributed by atoms with van der Waals surface area (Å²) in [6.45, 7) is 0. The van der Waals surface area contributed by atoms with Gasteiger partial charge >= 0.3 is 0 Å². The second kappa shape index (κ2) is 12.2. The summed E-state index contributed by atoms with van der Waals surface area (Å²) >= 11 is 2.06. The Kier molecular flexibility index (Phi) is 7.28. The molecule has 0 amide bonds. The molecule has 1 aromatic heterocycles. The summed E-state index contributed by atoms with van der Waals surface area (Å²) in [6, 6.07) is 16.3. The normalized spacial score (nSPS) is 32.7. The number of rotatable bonds is 3. The van der Waals surface area contributed by atoms with Gasteiger partial charge in [-0.2, -0.15) is 0 Å². The molecular formula is C50H46S. The van der Waals surface area contributed by atoms with Gasteiger partial charge in [0.1, 0.15) is 0 Å². The number of fused-ring (bicyclic) bond motifs is 9. The lowest BCUT2D eigenvalue weighted by Crippen LogP contribution is -2.40. The Balaban J connectivity index is 1.10. The molecule has 1 heteroatoms. The van der Waals surface area contributed by atoms with Crippen molar-refractivity contribution in [1.29, 1.82) is 0 Å². The third-order valence-corrected chi connectivity index (χ3v) is 15.2. The first-order chi connectivity index (χ1) is 25.3. The lowest BCUT2D eigenvalue weighted by Gasteiger charge is -2.50. The zero-order chi connectivity index (χ0) is 33.5. The lowest BCUT2D eigenvalue weighted by molar-refractivity contribution is 0.206. The molecule has 0 bridgehead atoms. The van der Waals surface area contributed by atoms with E-state index in [1.54, 1.807) is 43.9 Å². The number of allylic oxidation sites excluding steroid dienone is 18. The van der Waals surface area contributed by atoms with Crippen LogP contribution in [0.3, 0.4) is 0 Å². The maximum absolute atomic E-state index is 2.76. The van der Waals surface area contributed by atoms with Gasteiger partial charge in [0.25, 0.3) is 0 Å². The second-order valence-corrected chi connectivity index (χ2v) is 17.5. The van der Waals surface area contributed by atoms with E-state index < -0.39 is 0 Å². The van der Waals surface area contributed by atoms with Gasteiger partial charge in [0.05, 0.1) is 0 Å². The fourth-order valence-electron chi connectivity index (χ4n) is 11.6. The van der Waals surface area contributed by atoms with E-state index in [0.717, 1.165) is 6.42 Å². The molecule has 0 aliphatic heterocycles. The summed E-state index contributed by atoms with van der Waals surface area (Å²) in [5, 5.41) is 2.70. The monoisotopic (exact) mass is 678 g/mol. The van der Waals surface area contributed by atoms with E-state index in [0.29, 0.717) is 47.3 Å². The van der Waals surface area contributed by atoms with E-state index in [-0.39, 0.29) is 0 Å². The molecule has 8 aliphatic carbocycles. The van der Waals surface area contributed by atoms with Gasteiger partial charge in [-0.25, -0.2) is 0 Å². The molecule has 11 rings (SSSR count). The van der Waals surface area contributed by atoms with Crippen LogP contribution in [0.5, 0.6) is 0 Å². The van der Waals surface area contributed by atoms with Crippen molar-refractivity contribution in [1.82, 2.24) is 0 Å². The van der Waals surface area contributed by atoms with Crippen molar-refractivity contribution >= 4 is 39.8 Å². The summed E-state index contributed by atoms with van der Waals surface area (Å²) in [6.07, 6.45) is 47.0. The first-order valence-electron chi connectivity index (χ1n) is 19.8. The predicted octanol–water partition coefficient (Wildman–Crippen LogP) is 13.2. The smallest absolute Gasteiger partial charge is 0.0308 e. The first kappa shape index (κ1) is 30.4. The molecule has 0 fully saturated rings. The van der Waals surface area contributed by atoms with E-state index in [1.807, 2.05) is 0 Å². The van der Waals surface area contributed by atoms with Crippen LogP contribution >= 0.6 is 11.3 Å². The second-order valence-electron chi connectivity index (χ2n) is 16.4. The number of hydrogen-bond acceptors (Lipinski definition) is 1. The predicted molar refractivity (Wildman–Crippen MR) is 217 cm³/mol. The highest BCUT2D eigenvalue weighted by Gasteiger charge is 2.47. The van der Waals surface area contributed by atoms with Crippen LogP contribution in [0.1, 0.15) is 77.3 Å². The molecule has 51 heavy (non-hydrogen) atoms. The molecule has 8 atom stereocenters. The van der Waals surface area contributed by atoms with Crippen LogP contribution in [0.15, 0.2) is 144 Å². The van der Waals surface area contributed by atoms with Gasteiger partial charge in [-0.05, 0) is 149 Å². The van der Waals surface area contributed by atoms with Crippen LogP contribution in [-0.4, -0.2) is 0 Å². The fourth-order valence-corrected chi connectivity index (χ4v) is 12.9. The minimum absolute atomic E-state index is 0.421. The summed E-state index contributed by atoms with van der Waals surface area (Å²) in [5.41, 5.74) is 12.8. The van der Waals surface area contributed by atoms with Gasteiger partial charge in [0, 0.05) is 27.5 Å². The van der Waals surface area contributed by atoms with Crippen molar-refractivity contribution < 1.29 is 0 Å². The van der Waals surface area contributed by atoms with Crippen molar-refractivity contribution in [2.24, 2.45) is 41.4 Å².